The van der Waals surface area contributed by atoms with Gasteiger partial charge in [0, 0.05) is 17.6 Å². The van der Waals surface area contributed by atoms with Crippen LogP contribution in [-0.4, -0.2) is 24.0 Å². The lowest BCUT2D eigenvalue weighted by molar-refractivity contribution is -0.125. The van der Waals surface area contributed by atoms with E-state index in [0.717, 1.165) is 35.8 Å². The lowest BCUT2D eigenvalue weighted by atomic mass is 9.99. The Labute approximate surface area is 124 Å². The standard InChI is InChI=1S/C11H17N3OS.2ClH/c1-8-13-6-10(16-8)7-14-11(15)9-3-2-4-12-5-9;;/h6,9,12H,2-5,7H2,1H3,(H,14,15);2*1H. The van der Waals surface area contributed by atoms with Crippen molar-refractivity contribution in [3.05, 3.63) is 16.1 Å². The highest BCUT2D eigenvalue weighted by Crippen LogP contribution is 2.13. The van der Waals surface area contributed by atoms with Crippen LogP contribution in [0.3, 0.4) is 0 Å². The summed E-state index contributed by atoms with van der Waals surface area (Å²) in [4.78, 5) is 17.1. The summed E-state index contributed by atoms with van der Waals surface area (Å²) < 4.78 is 0. The molecule has 0 spiro atoms. The molecule has 0 bridgehead atoms. The Morgan fingerprint density at radius 1 is 1.61 bits per heavy atom. The Balaban J connectivity index is 0.00000144. The number of rotatable bonds is 3. The molecule has 2 N–H and O–H groups in total. The van der Waals surface area contributed by atoms with Gasteiger partial charge in [0.25, 0.3) is 0 Å². The van der Waals surface area contributed by atoms with Crippen LogP contribution >= 0.6 is 36.2 Å². The molecule has 1 amide bonds. The van der Waals surface area contributed by atoms with E-state index in [-0.39, 0.29) is 36.6 Å². The second kappa shape index (κ2) is 8.69. The minimum atomic E-state index is 0. The maximum absolute atomic E-state index is 11.8. The van der Waals surface area contributed by atoms with Crippen LogP contribution in [0.15, 0.2) is 6.20 Å². The highest BCUT2D eigenvalue weighted by Gasteiger charge is 2.20. The fraction of sp³-hybridized carbons (Fsp3) is 0.636. The number of carbonyl (C=O) groups excluding carboxylic acids is 1. The van der Waals surface area contributed by atoms with Crippen LogP contribution in [0.5, 0.6) is 0 Å². The molecule has 1 aliphatic rings. The SMILES string of the molecule is Cc1ncc(CNC(=O)C2CCCNC2)s1.Cl.Cl. The van der Waals surface area contributed by atoms with Crippen LogP contribution in [-0.2, 0) is 11.3 Å². The maximum atomic E-state index is 11.8. The van der Waals surface area contributed by atoms with Gasteiger partial charge in [0.15, 0.2) is 0 Å². The molecule has 1 fully saturated rings. The number of hydrogen-bond acceptors (Lipinski definition) is 4. The normalized spacial score (nSPS) is 18.4. The van der Waals surface area contributed by atoms with Crippen molar-refractivity contribution in [1.82, 2.24) is 15.6 Å². The van der Waals surface area contributed by atoms with Gasteiger partial charge in [-0.3, -0.25) is 4.79 Å². The quantitative estimate of drug-likeness (QED) is 0.896. The van der Waals surface area contributed by atoms with Crippen molar-refractivity contribution in [3.8, 4) is 0 Å². The third-order valence-electron chi connectivity index (χ3n) is 2.77. The van der Waals surface area contributed by atoms with E-state index in [1.807, 2.05) is 13.1 Å². The molecule has 7 heteroatoms. The van der Waals surface area contributed by atoms with Crippen LogP contribution in [0.4, 0.5) is 0 Å². The summed E-state index contributed by atoms with van der Waals surface area (Å²) in [6, 6.07) is 0. The lowest BCUT2D eigenvalue weighted by Crippen LogP contribution is -2.40. The highest BCUT2D eigenvalue weighted by atomic mass is 35.5. The molecule has 1 atom stereocenters. The van der Waals surface area contributed by atoms with Crippen molar-refractivity contribution in [2.45, 2.75) is 26.3 Å². The van der Waals surface area contributed by atoms with Gasteiger partial charge in [0.05, 0.1) is 17.5 Å². The van der Waals surface area contributed by atoms with Crippen LogP contribution in [0, 0.1) is 12.8 Å². The smallest absolute Gasteiger partial charge is 0.224 e. The van der Waals surface area contributed by atoms with Crippen LogP contribution < -0.4 is 10.6 Å². The fourth-order valence-corrected chi connectivity index (χ4v) is 2.62. The van der Waals surface area contributed by atoms with E-state index < -0.39 is 0 Å². The van der Waals surface area contributed by atoms with E-state index >= 15 is 0 Å². The molecule has 0 aliphatic carbocycles. The van der Waals surface area contributed by atoms with Gasteiger partial charge in [0.1, 0.15) is 0 Å². The molecule has 104 valence electrons. The van der Waals surface area contributed by atoms with E-state index in [1.54, 1.807) is 11.3 Å². The molecule has 1 saturated heterocycles. The number of amides is 1. The summed E-state index contributed by atoms with van der Waals surface area (Å²) in [7, 11) is 0. The molecule has 18 heavy (non-hydrogen) atoms. The summed E-state index contributed by atoms with van der Waals surface area (Å²) in [5, 5.41) is 7.27. The van der Waals surface area contributed by atoms with Crippen LogP contribution in [0.1, 0.15) is 22.7 Å². The number of hydrogen-bond donors (Lipinski definition) is 2. The fourth-order valence-electron chi connectivity index (χ4n) is 1.88. The average molecular weight is 312 g/mol. The molecule has 2 heterocycles. The predicted octanol–water partition coefficient (Wildman–Crippen LogP) is 1.91. The number of nitrogens with zero attached hydrogens (tertiary/aromatic N) is 1. The van der Waals surface area contributed by atoms with E-state index in [4.69, 9.17) is 0 Å². The molecule has 1 unspecified atom stereocenters. The van der Waals surface area contributed by atoms with E-state index in [9.17, 15) is 4.79 Å². The zero-order valence-corrected chi connectivity index (χ0v) is 12.7. The van der Waals surface area contributed by atoms with Gasteiger partial charge in [-0.05, 0) is 26.3 Å². The summed E-state index contributed by atoms with van der Waals surface area (Å²) in [5.74, 6) is 0.307. The number of aryl methyl sites for hydroxylation is 1. The second-order valence-electron chi connectivity index (χ2n) is 4.11. The zero-order chi connectivity index (χ0) is 11.4. The van der Waals surface area contributed by atoms with Gasteiger partial charge < -0.3 is 10.6 Å². The Morgan fingerprint density at radius 2 is 2.39 bits per heavy atom. The van der Waals surface area contributed by atoms with Crippen molar-refractivity contribution in [2.75, 3.05) is 13.1 Å². The van der Waals surface area contributed by atoms with E-state index in [0.29, 0.717) is 6.54 Å². The van der Waals surface area contributed by atoms with Gasteiger partial charge >= 0.3 is 0 Å². The number of halogens is 2. The van der Waals surface area contributed by atoms with Gasteiger partial charge in [-0.25, -0.2) is 4.98 Å². The van der Waals surface area contributed by atoms with Gasteiger partial charge in [-0.1, -0.05) is 0 Å². The first-order valence-corrected chi connectivity index (χ1v) is 6.47. The molecule has 0 radical (unpaired) electrons. The molecule has 4 nitrogen and oxygen atoms in total. The largest absolute Gasteiger partial charge is 0.351 e. The minimum Gasteiger partial charge on any atom is -0.351 e. The Kier molecular flexibility index (Phi) is 8.52. The molecular weight excluding hydrogens is 293 g/mol. The minimum absolute atomic E-state index is 0. The predicted molar refractivity (Wildman–Crippen MR) is 78.8 cm³/mol. The lowest BCUT2D eigenvalue weighted by Gasteiger charge is -2.21. The Bertz CT molecular complexity index is 367. The summed E-state index contributed by atoms with van der Waals surface area (Å²) in [6.45, 7) is 4.44. The molecule has 0 aromatic carbocycles. The average Bonchev–Trinajstić information content (AvgIpc) is 2.73. The third-order valence-corrected chi connectivity index (χ3v) is 3.69. The van der Waals surface area contributed by atoms with Gasteiger partial charge in [-0.15, -0.1) is 36.2 Å². The van der Waals surface area contributed by atoms with E-state index in [2.05, 4.69) is 15.6 Å². The molecular formula is C11H19Cl2N3OS. The van der Waals surface area contributed by atoms with Crippen molar-refractivity contribution in [1.29, 1.82) is 0 Å². The molecule has 1 aromatic rings. The zero-order valence-electron chi connectivity index (χ0n) is 10.3. The Morgan fingerprint density at radius 3 is 2.94 bits per heavy atom. The highest BCUT2D eigenvalue weighted by molar-refractivity contribution is 7.11. The first-order valence-electron chi connectivity index (χ1n) is 5.65. The van der Waals surface area contributed by atoms with Gasteiger partial charge in [0.2, 0.25) is 5.91 Å². The van der Waals surface area contributed by atoms with Crippen molar-refractivity contribution in [3.63, 3.8) is 0 Å². The molecule has 1 aliphatic heterocycles. The number of aromatic nitrogens is 1. The summed E-state index contributed by atoms with van der Waals surface area (Å²) in [6.07, 6.45) is 3.93. The summed E-state index contributed by atoms with van der Waals surface area (Å²) >= 11 is 1.63. The third kappa shape index (κ3) is 5.10. The topological polar surface area (TPSA) is 54.0 Å². The number of piperidine rings is 1. The molecule has 2 rings (SSSR count). The maximum Gasteiger partial charge on any atom is 0.224 e. The van der Waals surface area contributed by atoms with Crippen LogP contribution in [0.2, 0.25) is 0 Å². The second-order valence-corrected chi connectivity index (χ2v) is 5.43. The van der Waals surface area contributed by atoms with Crippen molar-refractivity contribution in [2.24, 2.45) is 5.92 Å². The van der Waals surface area contributed by atoms with Crippen LogP contribution in [0.25, 0.3) is 0 Å². The first kappa shape index (κ1) is 17.6. The Hall–Kier alpha value is -0.360. The van der Waals surface area contributed by atoms with Gasteiger partial charge in [-0.2, -0.15) is 0 Å². The molecule has 1 aromatic heterocycles. The summed E-state index contributed by atoms with van der Waals surface area (Å²) in [5.41, 5.74) is 0. The number of nitrogens with one attached hydrogen (secondary N) is 2. The van der Waals surface area contributed by atoms with Crippen molar-refractivity contribution >= 4 is 42.1 Å². The molecule has 0 saturated carbocycles. The first-order chi connectivity index (χ1) is 7.75. The number of thiazole rings is 1. The number of carbonyl (C=O) groups is 1. The monoisotopic (exact) mass is 311 g/mol. The van der Waals surface area contributed by atoms with Crippen molar-refractivity contribution < 1.29 is 4.79 Å². The van der Waals surface area contributed by atoms with E-state index in [1.165, 1.54) is 0 Å².